The Hall–Kier alpha value is -1.81. The predicted octanol–water partition coefficient (Wildman–Crippen LogP) is 3.97. The first-order valence-corrected chi connectivity index (χ1v) is 11.6. The van der Waals surface area contributed by atoms with Crippen LogP contribution < -0.4 is 0 Å². The summed E-state index contributed by atoms with van der Waals surface area (Å²) in [5, 5.41) is 0. The lowest BCUT2D eigenvalue weighted by atomic mass is 9.98. The lowest BCUT2D eigenvalue weighted by Crippen LogP contribution is -2.36. The van der Waals surface area contributed by atoms with Crippen molar-refractivity contribution in [3.63, 3.8) is 0 Å². The maximum Gasteiger partial charge on any atom is 0.330 e. The van der Waals surface area contributed by atoms with Crippen LogP contribution in [0.25, 0.3) is 0 Å². The zero-order chi connectivity index (χ0) is 25.2. The van der Waals surface area contributed by atoms with Gasteiger partial charge in [0.05, 0.1) is 6.10 Å². The molecule has 5 atom stereocenters. The van der Waals surface area contributed by atoms with E-state index in [4.69, 9.17) is 33.2 Å². The van der Waals surface area contributed by atoms with Crippen LogP contribution in [0.3, 0.4) is 0 Å². The van der Waals surface area contributed by atoms with E-state index in [0.29, 0.717) is 5.92 Å². The molecule has 8 heteroatoms. The predicted molar refractivity (Wildman–Crippen MR) is 130 cm³/mol. The fourth-order valence-corrected chi connectivity index (χ4v) is 3.60. The van der Waals surface area contributed by atoms with Crippen LogP contribution in [0.15, 0.2) is 48.1 Å². The van der Waals surface area contributed by atoms with Crippen LogP contribution in [0, 0.1) is 5.92 Å². The van der Waals surface area contributed by atoms with Crippen LogP contribution in [0.2, 0.25) is 0 Å². The fourth-order valence-electron chi connectivity index (χ4n) is 3.60. The van der Waals surface area contributed by atoms with Crippen molar-refractivity contribution in [2.45, 2.75) is 57.5 Å². The zero-order valence-corrected chi connectivity index (χ0v) is 21.4. The second-order valence-electron chi connectivity index (χ2n) is 8.18. The van der Waals surface area contributed by atoms with E-state index in [-0.39, 0.29) is 38.5 Å². The molecule has 34 heavy (non-hydrogen) atoms. The van der Waals surface area contributed by atoms with Crippen molar-refractivity contribution in [2.75, 3.05) is 48.6 Å². The van der Waals surface area contributed by atoms with E-state index < -0.39 is 12.1 Å². The molecule has 1 unspecified atom stereocenters. The normalized spacial score (nSPS) is 32.4. The molecular formula is C26H42O8. The molecule has 194 valence electrons. The first kappa shape index (κ1) is 30.2. The topological polar surface area (TPSA) is 81.7 Å². The van der Waals surface area contributed by atoms with E-state index >= 15 is 0 Å². The summed E-state index contributed by atoms with van der Waals surface area (Å²) in [6, 6.07) is 0. The molecule has 0 aromatic carbocycles. The molecule has 0 N–H and O–H groups in total. The molecule has 1 heterocycles. The number of hydrogen-bond donors (Lipinski definition) is 0. The van der Waals surface area contributed by atoms with Gasteiger partial charge in [-0.2, -0.15) is 0 Å². The molecule has 1 aliphatic heterocycles. The molecule has 0 aromatic heterocycles. The zero-order valence-electron chi connectivity index (χ0n) is 21.4. The quantitative estimate of drug-likeness (QED) is 0.380. The largest absolute Gasteiger partial charge is 0.460 e. The highest BCUT2D eigenvalue weighted by Crippen LogP contribution is 2.18. The summed E-state index contributed by atoms with van der Waals surface area (Å²) in [7, 11) is 6.37. The number of cyclic esters (lactones) is 1. The molecule has 0 aromatic rings. The second kappa shape index (κ2) is 18.5. The SMILES string of the molecule is COCO[C@@H]1COC(=O)/C=C/C=C/[C@@H](OC)[C@H](OCOC)/C=C/C(C)=C/[C@@H](C)CCCC1OC. The average molecular weight is 483 g/mol. The van der Waals surface area contributed by atoms with Crippen LogP contribution in [-0.4, -0.2) is 79.0 Å². The van der Waals surface area contributed by atoms with Gasteiger partial charge in [-0.15, -0.1) is 0 Å². The van der Waals surface area contributed by atoms with Crippen LogP contribution in [0.4, 0.5) is 0 Å². The minimum absolute atomic E-state index is 0.0703. The smallest absolute Gasteiger partial charge is 0.330 e. The van der Waals surface area contributed by atoms with Crippen LogP contribution in [0.1, 0.15) is 33.1 Å². The van der Waals surface area contributed by atoms with Gasteiger partial charge in [0.1, 0.15) is 38.5 Å². The molecule has 1 aliphatic rings. The Morgan fingerprint density at radius 1 is 0.882 bits per heavy atom. The number of ether oxygens (including phenoxy) is 7. The maximum absolute atomic E-state index is 12.2. The molecule has 8 nitrogen and oxygen atoms in total. The van der Waals surface area contributed by atoms with Gasteiger partial charge in [0.15, 0.2) is 0 Å². The number of methoxy groups -OCH3 is 4. The van der Waals surface area contributed by atoms with E-state index in [0.717, 1.165) is 24.8 Å². The van der Waals surface area contributed by atoms with E-state index in [1.165, 1.54) is 6.08 Å². The van der Waals surface area contributed by atoms with Gasteiger partial charge in [0.2, 0.25) is 0 Å². The fraction of sp³-hybridized carbons (Fsp3) is 0.654. The van der Waals surface area contributed by atoms with Crippen LogP contribution in [-0.2, 0) is 38.0 Å². The average Bonchev–Trinajstić information content (AvgIpc) is 2.82. The highest BCUT2D eigenvalue weighted by molar-refractivity contribution is 5.82. The second-order valence-corrected chi connectivity index (χ2v) is 8.18. The van der Waals surface area contributed by atoms with Gasteiger partial charge in [-0.3, -0.25) is 0 Å². The third kappa shape index (κ3) is 12.6. The van der Waals surface area contributed by atoms with E-state index in [9.17, 15) is 4.79 Å². The summed E-state index contributed by atoms with van der Waals surface area (Å²) < 4.78 is 38.3. The van der Waals surface area contributed by atoms with Crippen molar-refractivity contribution in [1.82, 2.24) is 0 Å². The molecular weight excluding hydrogens is 440 g/mol. The number of rotatable bonds is 8. The van der Waals surface area contributed by atoms with E-state index in [1.54, 1.807) is 40.6 Å². The van der Waals surface area contributed by atoms with Gasteiger partial charge in [0, 0.05) is 34.5 Å². The van der Waals surface area contributed by atoms with Crippen LogP contribution >= 0.6 is 0 Å². The summed E-state index contributed by atoms with van der Waals surface area (Å²) >= 11 is 0. The van der Waals surface area contributed by atoms with Crippen molar-refractivity contribution in [3.05, 3.63) is 48.1 Å². The third-order valence-electron chi connectivity index (χ3n) is 5.37. The van der Waals surface area contributed by atoms with Crippen molar-refractivity contribution in [3.8, 4) is 0 Å². The molecule has 0 bridgehead atoms. The molecule has 0 fully saturated rings. The van der Waals surface area contributed by atoms with Gasteiger partial charge in [0.25, 0.3) is 0 Å². The number of carbonyl (C=O) groups excluding carboxylic acids is 1. The Balaban J connectivity index is 3.11. The standard InChI is InChI=1S/C26H42O8/c1-20-10-9-12-23(31-6)25(34-19-29-4)17-32-26(27)13-8-7-11-22(30-5)24(33-18-28-3)15-14-21(2)16-20/h7-8,11,13-16,20,22-25H,9-10,12,17-19H2,1-6H3/b11-7+,13-8+,15-14+,21-16+/t20-,22+,23?,24+,25+/m0/s1. The summed E-state index contributed by atoms with van der Waals surface area (Å²) in [4.78, 5) is 12.2. The Morgan fingerprint density at radius 2 is 1.62 bits per heavy atom. The highest BCUT2D eigenvalue weighted by atomic mass is 16.7. The third-order valence-corrected chi connectivity index (χ3v) is 5.37. The van der Waals surface area contributed by atoms with Crippen LogP contribution in [0.5, 0.6) is 0 Å². The molecule has 0 amide bonds. The summed E-state index contributed by atoms with van der Waals surface area (Å²) in [6.07, 6.45) is 14.0. The lowest BCUT2D eigenvalue weighted by molar-refractivity contribution is -0.160. The van der Waals surface area contributed by atoms with E-state index in [2.05, 4.69) is 19.9 Å². The number of esters is 1. The monoisotopic (exact) mass is 482 g/mol. The highest BCUT2D eigenvalue weighted by Gasteiger charge is 2.24. The Kier molecular flexibility index (Phi) is 16.5. The summed E-state index contributed by atoms with van der Waals surface area (Å²) in [6.45, 7) is 4.56. The maximum atomic E-state index is 12.2. The Morgan fingerprint density at radius 3 is 2.29 bits per heavy atom. The van der Waals surface area contributed by atoms with Crippen molar-refractivity contribution >= 4 is 5.97 Å². The first-order chi connectivity index (χ1) is 16.4. The number of carbonyl (C=O) groups is 1. The molecule has 0 aliphatic carbocycles. The molecule has 0 saturated carbocycles. The molecule has 0 spiro atoms. The van der Waals surface area contributed by atoms with Gasteiger partial charge in [-0.25, -0.2) is 4.79 Å². The summed E-state index contributed by atoms with van der Waals surface area (Å²) in [5.74, 6) is -0.0981. The van der Waals surface area contributed by atoms with Crippen molar-refractivity contribution < 1.29 is 38.0 Å². The minimum atomic E-state index is -0.474. The van der Waals surface area contributed by atoms with E-state index in [1.807, 2.05) is 18.2 Å². The number of hydrogen-bond acceptors (Lipinski definition) is 8. The van der Waals surface area contributed by atoms with Gasteiger partial charge >= 0.3 is 5.97 Å². The van der Waals surface area contributed by atoms with Gasteiger partial charge in [-0.1, -0.05) is 55.4 Å². The Labute approximate surface area is 204 Å². The lowest BCUT2D eigenvalue weighted by Gasteiger charge is -2.26. The van der Waals surface area contributed by atoms with Crippen molar-refractivity contribution in [2.24, 2.45) is 5.92 Å². The minimum Gasteiger partial charge on any atom is -0.460 e. The summed E-state index contributed by atoms with van der Waals surface area (Å²) in [5.41, 5.74) is 1.14. The molecule has 1 rings (SSSR count). The molecule has 0 saturated heterocycles. The molecule has 0 radical (unpaired) electrons. The number of allylic oxidation sites excluding steroid dienone is 5. The first-order valence-electron chi connectivity index (χ1n) is 11.6. The van der Waals surface area contributed by atoms with Gasteiger partial charge in [-0.05, 0) is 25.7 Å². The van der Waals surface area contributed by atoms with Gasteiger partial charge < -0.3 is 33.2 Å². The van der Waals surface area contributed by atoms with Crippen molar-refractivity contribution in [1.29, 1.82) is 0 Å². The Bertz CT molecular complexity index is 670.